The number of thioether (sulfide) groups is 1. The molecular formula is C19H17N3O3S. The lowest BCUT2D eigenvalue weighted by molar-refractivity contribution is -0.115. The van der Waals surface area contributed by atoms with Gasteiger partial charge in [-0.3, -0.25) is 9.59 Å². The van der Waals surface area contributed by atoms with Crippen molar-refractivity contribution >= 4 is 29.1 Å². The van der Waals surface area contributed by atoms with Gasteiger partial charge in [0.25, 0.3) is 5.22 Å². The van der Waals surface area contributed by atoms with E-state index in [-0.39, 0.29) is 11.7 Å². The first-order valence-corrected chi connectivity index (χ1v) is 8.89. The summed E-state index contributed by atoms with van der Waals surface area (Å²) < 4.78 is 5.61. The van der Waals surface area contributed by atoms with Gasteiger partial charge in [-0.15, -0.1) is 10.2 Å². The first kappa shape index (κ1) is 17.9. The quantitative estimate of drug-likeness (QED) is 0.522. The van der Waals surface area contributed by atoms with E-state index in [0.29, 0.717) is 22.4 Å². The number of nitrogens with zero attached hydrogens (tertiary/aromatic N) is 2. The summed E-state index contributed by atoms with van der Waals surface area (Å²) in [4.78, 5) is 24.1. The standard InChI is InChI=1S/C19H17N3O3S/c1-12(23)15-10-6-7-11-16(15)20-17(24)13(2)26-19-22-21-18(25-19)14-8-4-3-5-9-14/h3-11,13H,1-2H3,(H,20,24)/t13-/m1/s1. The molecule has 26 heavy (non-hydrogen) atoms. The van der Waals surface area contributed by atoms with Crippen molar-refractivity contribution in [3.8, 4) is 11.5 Å². The number of carbonyl (C=O) groups is 2. The molecule has 3 aromatic rings. The minimum Gasteiger partial charge on any atom is -0.411 e. The van der Waals surface area contributed by atoms with Gasteiger partial charge in [-0.05, 0) is 38.1 Å². The van der Waals surface area contributed by atoms with E-state index in [4.69, 9.17) is 4.42 Å². The van der Waals surface area contributed by atoms with Gasteiger partial charge in [-0.2, -0.15) is 0 Å². The van der Waals surface area contributed by atoms with Crippen molar-refractivity contribution in [3.63, 3.8) is 0 Å². The van der Waals surface area contributed by atoms with Crippen LogP contribution in [0.25, 0.3) is 11.5 Å². The minimum atomic E-state index is -0.473. The normalized spacial score (nSPS) is 11.8. The molecule has 1 atom stereocenters. The Morgan fingerprint density at radius 2 is 1.73 bits per heavy atom. The second-order valence-corrected chi connectivity index (χ2v) is 6.88. The number of para-hydroxylation sites is 1. The SMILES string of the molecule is CC(=O)c1ccccc1NC(=O)[C@@H](C)Sc1nnc(-c2ccccc2)o1. The number of rotatable bonds is 6. The summed E-state index contributed by atoms with van der Waals surface area (Å²) in [5.41, 5.74) is 1.79. The fourth-order valence-electron chi connectivity index (χ4n) is 2.29. The van der Waals surface area contributed by atoms with E-state index >= 15 is 0 Å². The molecule has 132 valence electrons. The second kappa shape index (κ2) is 7.97. The van der Waals surface area contributed by atoms with Crippen LogP contribution in [0.15, 0.2) is 64.2 Å². The Bertz CT molecular complexity index is 925. The van der Waals surface area contributed by atoms with Crippen LogP contribution in [0.2, 0.25) is 0 Å². The van der Waals surface area contributed by atoms with Crippen molar-refractivity contribution in [1.29, 1.82) is 0 Å². The molecule has 0 unspecified atom stereocenters. The number of ketones is 1. The Morgan fingerprint density at radius 1 is 1.04 bits per heavy atom. The molecule has 1 N–H and O–H groups in total. The van der Waals surface area contributed by atoms with E-state index in [1.165, 1.54) is 6.92 Å². The number of benzene rings is 2. The molecule has 0 aliphatic heterocycles. The average Bonchev–Trinajstić information content (AvgIpc) is 3.11. The van der Waals surface area contributed by atoms with Gasteiger partial charge >= 0.3 is 0 Å². The predicted molar refractivity (Wildman–Crippen MR) is 100 cm³/mol. The highest BCUT2D eigenvalue weighted by molar-refractivity contribution is 8.00. The highest BCUT2D eigenvalue weighted by Crippen LogP contribution is 2.27. The van der Waals surface area contributed by atoms with Gasteiger partial charge in [0.2, 0.25) is 11.8 Å². The van der Waals surface area contributed by atoms with E-state index in [2.05, 4.69) is 15.5 Å². The Kier molecular flexibility index (Phi) is 5.48. The lowest BCUT2D eigenvalue weighted by Gasteiger charge is -2.12. The smallest absolute Gasteiger partial charge is 0.277 e. The van der Waals surface area contributed by atoms with E-state index in [9.17, 15) is 9.59 Å². The summed E-state index contributed by atoms with van der Waals surface area (Å²) in [6, 6.07) is 16.3. The molecule has 0 bridgehead atoms. The summed E-state index contributed by atoms with van der Waals surface area (Å²) in [5.74, 6) is 0.0522. The molecule has 7 heteroatoms. The fourth-order valence-corrected chi connectivity index (χ4v) is 2.98. The average molecular weight is 367 g/mol. The number of hydrogen-bond donors (Lipinski definition) is 1. The first-order chi connectivity index (χ1) is 12.5. The maximum absolute atomic E-state index is 12.4. The largest absolute Gasteiger partial charge is 0.411 e. The van der Waals surface area contributed by atoms with E-state index < -0.39 is 5.25 Å². The number of anilines is 1. The van der Waals surface area contributed by atoms with Gasteiger partial charge in [0.1, 0.15) is 0 Å². The number of carbonyl (C=O) groups excluding carboxylic acids is 2. The molecule has 0 spiro atoms. The third-order valence-electron chi connectivity index (χ3n) is 3.64. The molecule has 0 aliphatic carbocycles. The number of nitrogens with one attached hydrogen (secondary N) is 1. The van der Waals surface area contributed by atoms with Gasteiger partial charge < -0.3 is 9.73 Å². The minimum absolute atomic E-state index is 0.106. The Labute approximate surface area is 155 Å². The third kappa shape index (κ3) is 4.18. The third-order valence-corrected chi connectivity index (χ3v) is 4.57. The molecule has 6 nitrogen and oxygen atoms in total. The molecule has 0 saturated heterocycles. The predicted octanol–water partition coefficient (Wildman–Crippen LogP) is 4.06. The van der Waals surface area contributed by atoms with Crippen LogP contribution in [0.3, 0.4) is 0 Å². The van der Waals surface area contributed by atoms with Crippen molar-refractivity contribution in [2.24, 2.45) is 0 Å². The van der Waals surface area contributed by atoms with Crippen molar-refractivity contribution in [2.75, 3.05) is 5.32 Å². The molecule has 0 aliphatic rings. The van der Waals surface area contributed by atoms with Crippen LogP contribution in [0.4, 0.5) is 5.69 Å². The summed E-state index contributed by atoms with van der Waals surface area (Å²) in [5, 5.41) is 10.6. The molecular weight excluding hydrogens is 350 g/mol. The highest BCUT2D eigenvalue weighted by Gasteiger charge is 2.20. The zero-order valence-corrected chi connectivity index (χ0v) is 15.1. The first-order valence-electron chi connectivity index (χ1n) is 8.01. The zero-order valence-electron chi connectivity index (χ0n) is 14.3. The second-order valence-electron chi connectivity index (χ2n) is 5.59. The fraction of sp³-hybridized carbons (Fsp3) is 0.158. The van der Waals surface area contributed by atoms with Gasteiger partial charge in [-0.1, -0.05) is 42.1 Å². The van der Waals surface area contributed by atoms with Crippen LogP contribution in [-0.4, -0.2) is 27.1 Å². The number of hydrogen-bond acceptors (Lipinski definition) is 6. The number of amides is 1. The lowest BCUT2D eigenvalue weighted by atomic mass is 10.1. The Balaban J connectivity index is 1.67. The Morgan fingerprint density at radius 3 is 2.46 bits per heavy atom. The molecule has 1 amide bonds. The maximum Gasteiger partial charge on any atom is 0.277 e. The maximum atomic E-state index is 12.4. The van der Waals surface area contributed by atoms with Crippen molar-refractivity contribution < 1.29 is 14.0 Å². The van der Waals surface area contributed by atoms with Gasteiger partial charge in [0, 0.05) is 11.1 Å². The van der Waals surface area contributed by atoms with E-state index in [1.54, 1.807) is 31.2 Å². The van der Waals surface area contributed by atoms with Crippen LogP contribution in [0, 0.1) is 0 Å². The molecule has 3 rings (SSSR count). The molecule has 2 aromatic carbocycles. The van der Waals surface area contributed by atoms with Gasteiger partial charge in [0.15, 0.2) is 5.78 Å². The molecule has 0 fully saturated rings. The summed E-state index contributed by atoms with van der Waals surface area (Å²) >= 11 is 1.16. The van der Waals surface area contributed by atoms with Crippen LogP contribution < -0.4 is 5.32 Å². The summed E-state index contributed by atoms with van der Waals surface area (Å²) in [7, 11) is 0. The van der Waals surface area contributed by atoms with Crippen LogP contribution in [0.1, 0.15) is 24.2 Å². The Hall–Kier alpha value is -2.93. The molecule has 0 radical (unpaired) electrons. The zero-order chi connectivity index (χ0) is 18.5. The summed E-state index contributed by atoms with van der Waals surface area (Å²) in [6.45, 7) is 3.20. The lowest BCUT2D eigenvalue weighted by Crippen LogP contribution is -2.23. The van der Waals surface area contributed by atoms with Crippen LogP contribution in [-0.2, 0) is 4.79 Å². The van der Waals surface area contributed by atoms with Crippen LogP contribution >= 0.6 is 11.8 Å². The number of Topliss-reactive ketones (excluding diaryl/α,β-unsaturated/α-hetero) is 1. The topological polar surface area (TPSA) is 85.1 Å². The monoisotopic (exact) mass is 367 g/mol. The summed E-state index contributed by atoms with van der Waals surface area (Å²) in [6.07, 6.45) is 0. The van der Waals surface area contributed by atoms with E-state index in [0.717, 1.165) is 17.3 Å². The van der Waals surface area contributed by atoms with E-state index in [1.807, 2.05) is 30.3 Å². The molecule has 1 heterocycles. The van der Waals surface area contributed by atoms with Crippen molar-refractivity contribution in [2.45, 2.75) is 24.3 Å². The highest BCUT2D eigenvalue weighted by atomic mass is 32.2. The molecule has 1 aromatic heterocycles. The van der Waals surface area contributed by atoms with Crippen molar-refractivity contribution in [3.05, 3.63) is 60.2 Å². The molecule has 0 saturated carbocycles. The van der Waals surface area contributed by atoms with Gasteiger partial charge in [-0.25, -0.2) is 0 Å². The van der Waals surface area contributed by atoms with Gasteiger partial charge in [0.05, 0.1) is 10.9 Å². The van der Waals surface area contributed by atoms with Crippen LogP contribution in [0.5, 0.6) is 0 Å². The number of aromatic nitrogens is 2. The van der Waals surface area contributed by atoms with Crippen molar-refractivity contribution in [1.82, 2.24) is 10.2 Å².